The van der Waals surface area contributed by atoms with Gasteiger partial charge in [-0.2, -0.15) is 8.78 Å². The number of nitrogens with zero attached hydrogens (tertiary/aromatic N) is 1. The van der Waals surface area contributed by atoms with Gasteiger partial charge < -0.3 is 25.2 Å². The van der Waals surface area contributed by atoms with Crippen LogP contribution in [0.3, 0.4) is 0 Å². The summed E-state index contributed by atoms with van der Waals surface area (Å²) in [5.41, 5.74) is 0.519. The summed E-state index contributed by atoms with van der Waals surface area (Å²) >= 11 is 0. The molecule has 0 saturated carbocycles. The Hall–Kier alpha value is -1.98. The third-order valence-corrected chi connectivity index (χ3v) is 4.30. The fourth-order valence-electron chi connectivity index (χ4n) is 2.05. The lowest BCUT2D eigenvalue weighted by Crippen LogP contribution is -2.39. The van der Waals surface area contributed by atoms with Gasteiger partial charge in [0.2, 0.25) is 0 Å². The zero-order valence-corrected chi connectivity index (χ0v) is 16.7. The highest BCUT2D eigenvalue weighted by Gasteiger charge is 2.09. The van der Waals surface area contributed by atoms with Crippen LogP contribution in [0, 0.1) is 0 Å². The van der Waals surface area contributed by atoms with E-state index >= 15 is 0 Å². The van der Waals surface area contributed by atoms with Gasteiger partial charge in [0.25, 0.3) is 0 Å². The van der Waals surface area contributed by atoms with Crippen LogP contribution in [0.4, 0.5) is 8.78 Å². The van der Waals surface area contributed by atoms with Crippen molar-refractivity contribution in [1.29, 1.82) is 0 Å². The second kappa shape index (κ2) is 12.5. The third-order valence-electron chi connectivity index (χ3n) is 3.39. The molecule has 1 unspecified atom stereocenters. The first-order valence-electron chi connectivity index (χ1n) is 8.71. The molecular weight excluding hydrogens is 396 g/mol. The summed E-state index contributed by atoms with van der Waals surface area (Å²) in [6.07, 6.45) is 0.233. The SMILES string of the molecule is CCNC(=NCC(O)c1ccc(OC(F)F)cc1)NCCOCCS(C)(=O)=O. The van der Waals surface area contributed by atoms with Crippen LogP contribution >= 0.6 is 0 Å². The lowest BCUT2D eigenvalue weighted by Gasteiger charge is -2.14. The van der Waals surface area contributed by atoms with Gasteiger partial charge >= 0.3 is 6.61 Å². The van der Waals surface area contributed by atoms with Crippen molar-refractivity contribution in [2.45, 2.75) is 19.6 Å². The number of sulfone groups is 1. The number of aliphatic hydroxyl groups is 1. The smallest absolute Gasteiger partial charge is 0.387 e. The summed E-state index contributed by atoms with van der Waals surface area (Å²) in [5, 5.41) is 16.2. The number of aliphatic hydroxyl groups excluding tert-OH is 1. The molecule has 28 heavy (non-hydrogen) atoms. The Kier molecular flexibility index (Phi) is 10.7. The molecular formula is C17H27F2N3O5S. The molecule has 1 rings (SSSR count). The van der Waals surface area contributed by atoms with Crippen molar-refractivity contribution in [3.05, 3.63) is 29.8 Å². The first-order chi connectivity index (χ1) is 13.2. The summed E-state index contributed by atoms with van der Waals surface area (Å²) in [4.78, 5) is 4.26. The maximum atomic E-state index is 12.1. The molecule has 160 valence electrons. The molecule has 0 spiro atoms. The van der Waals surface area contributed by atoms with Crippen LogP contribution in [-0.4, -0.2) is 71.0 Å². The van der Waals surface area contributed by atoms with Crippen LogP contribution in [0.15, 0.2) is 29.3 Å². The van der Waals surface area contributed by atoms with Gasteiger partial charge in [-0.1, -0.05) is 12.1 Å². The minimum Gasteiger partial charge on any atom is -0.435 e. The average Bonchev–Trinajstić information content (AvgIpc) is 2.61. The normalized spacial score (nSPS) is 13.4. The molecule has 0 bridgehead atoms. The largest absolute Gasteiger partial charge is 0.435 e. The number of guanidine groups is 1. The molecule has 1 atom stereocenters. The summed E-state index contributed by atoms with van der Waals surface area (Å²) in [6, 6.07) is 5.69. The number of alkyl halides is 2. The standard InChI is InChI=1S/C17H27F2N3O5S/c1-3-20-17(21-8-9-26-10-11-28(2,24)25)22-12-15(23)13-4-6-14(7-5-13)27-16(18)19/h4-7,15-16,23H,3,8-12H2,1-2H3,(H2,20,21,22). The molecule has 0 radical (unpaired) electrons. The van der Waals surface area contributed by atoms with E-state index in [1.165, 1.54) is 24.3 Å². The molecule has 0 aliphatic heterocycles. The predicted molar refractivity (Wildman–Crippen MR) is 103 cm³/mol. The highest BCUT2D eigenvalue weighted by molar-refractivity contribution is 7.90. The molecule has 0 amide bonds. The maximum absolute atomic E-state index is 12.1. The number of rotatable bonds is 12. The van der Waals surface area contributed by atoms with Gasteiger partial charge in [0.05, 0.1) is 31.6 Å². The van der Waals surface area contributed by atoms with Gasteiger partial charge in [-0.25, -0.2) is 8.42 Å². The molecule has 0 aromatic heterocycles. The minimum atomic E-state index is -3.04. The van der Waals surface area contributed by atoms with Gasteiger partial charge in [0, 0.05) is 19.3 Å². The summed E-state index contributed by atoms with van der Waals surface area (Å²) in [5.74, 6) is 0.445. The zero-order valence-electron chi connectivity index (χ0n) is 15.9. The van der Waals surface area contributed by atoms with Crippen molar-refractivity contribution < 1.29 is 31.8 Å². The van der Waals surface area contributed by atoms with Gasteiger partial charge in [-0.05, 0) is 24.6 Å². The fourth-order valence-corrected chi connectivity index (χ4v) is 2.47. The molecule has 1 aromatic carbocycles. The summed E-state index contributed by atoms with van der Waals surface area (Å²) in [6.45, 7) is 0.482. The fraction of sp³-hybridized carbons (Fsp3) is 0.588. The number of hydrogen-bond acceptors (Lipinski definition) is 6. The van der Waals surface area contributed by atoms with Crippen LogP contribution in [-0.2, 0) is 14.6 Å². The number of nitrogens with one attached hydrogen (secondary N) is 2. The monoisotopic (exact) mass is 423 g/mol. The maximum Gasteiger partial charge on any atom is 0.387 e. The van der Waals surface area contributed by atoms with Crippen molar-refractivity contribution >= 4 is 15.8 Å². The van der Waals surface area contributed by atoms with E-state index in [4.69, 9.17) is 4.74 Å². The highest BCUT2D eigenvalue weighted by Crippen LogP contribution is 2.19. The third kappa shape index (κ3) is 11.0. The second-order valence-electron chi connectivity index (χ2n) is 5.85. The van der Waals surface area contributed by atoms with Crippen LogP contribution in [0.2, 0.25) is 0 Å². The van der Waals surface area contributed by atoms with Crippen LogP contribution in [0.1, 0.15) is 18.6 Å². The van der Waals surface area contributed by atoms with Gasteiger partial charge in [0.15, 0.2) is 5.96 Å². The van der Waals surface area contributed by atoms with Crippen molar-refractivity contribution in [3.8, 4) is 5.75 Å². The number of aliphatic imine (C=N–C) groups is 1. The Morgan fingerprint density at radius 1 is 1.21 bits per heavy atom. The summed E-state index contributed by atoms with van der Waals surface area (Å²) in [7, 11) is -3.04. The Morgan fingerprint density at radius 2 is 1.89 bits per heavy atom. The predicted octanol–water partition coefficient (Wildman–Crippen LogP) is 0.938. The average molecular weight is 423 g/mol. The molecule has 0 heterocycles. The van der Waals surface area contributed by atoms with Crippen LogP contribution in [0.5, 0.6) is 5.75 Å². The topological polar surface area (TPSA) is 109 Å². The van der Waals surface area contributed by atoms with Crippen LogP contribution in [0.25, 0.3) is 0 Å². The van der Waals surface area contributed by atoms with Crippen molar-refractivity contribution in [1.82, 2.24) is 10.6 Å². The van der Waals surface area contributed by atoms with E-state index in [1.54, 1.807) is 0 Å². The lowest BCUT2D eigenvalue weighted by atomic mass is 10.1. The molecule has 3 N–H and O–H groups in total. The minimum absolute atomic E-state index is 0.0142. The molecule has 0 fully saturated rings. The molecule has 11 heteroatoms. The van der Waals surface area contributed by atoms with E-state index < -0.39 is 22.6 Å². The van der Waals surface area contributed by atoms with E-state index in [-0.39, 0.29) is 24.7 Å². The Bertz CT molecular complexity index is 699. The number of benzene rings is 1. The number of hydrogen-bond donors (Lipinski definition) is 3. The highest BCUT2D eigenvalue weighted by atomic mass is 32.2. The summed E-state index contributed by atoms with van der Waals surface area (Å²) < 4.78 is 55.8. The van der Waals surface area contributed by atoms with E-state index in [0.717, 1.165) is 6.26 Å². The Balaban J connectivity index is 2.45. The van der Waals surface area contributed by atoms with Crippen molar-refractivity contribution in [2.24, 2.45) is 4.99 Å². The molecule has 0 saturated heterocycles. The molecule has 0 aliphatic rings. The van der Waals surface area contributed by atoms with E-state index in [0.29, 0.717) is 31.2 Å². The van der Waals surface area contributed by atoms with E-state index in [2.05, 4.69) is 20.4 Å². The molecule has 8 nitrogen and oxygen atoms in total. The second-order valence-corrected chi connectivity index (χ2v) is 8.11. The zero-order chi connectivity index (χ0) is 21.0. The van der Waals surface area contributed by atoms with E-state index in [1.807, 2.05) is 6.92 Å². The Morgan fingerprint density at radius 3 is 2.46 bits per heavy atom. The number of halogens is 2. The van der Waals surface area contributed by atoms with Crippen molar-refractivity contribution in [2.75, 3.05) is 44.9 Å². The molecule has 1 aromatic rings. The first kappa shape index (κ1) is 24.1. The van der Waals surface area contributed by atoms with Gasteiger partial charge in [0.1, 0.15) is 15.6 Å². The lowest BCUT2D eigenvalue weighted by molar-refractivity contribution is -0.0498. The Labute approximate surface area is 163 Å². The quantitative estimate of drug-likeness (QED) is 0.261. The first-order valence-corrected chi connectivity index (χ1v) is 10.8. The molecule has 0 aliphatic carbocycles. The van der Waals surface area contributed by atoms with Gasteiger partial charge in [-0.3, -0.25) is 4.99 Å². The van der Waals surface area contributed by atoms with Crippen molar-refractivity contribution in [3.63, 3.8) is 0 Å². The number of ether oxygens (including phenoxy) is 2. The van der Waals surface area contributed by atoms with Gasteiger partial charge in [-0.15, -0.1) is 0 Å². The van der Waals surface area contributed by atoms with E-state index in [9.17, 15) is 22.3 Å². The van der Waals surface area contributed by atoms with Crippen LogP contribution < -0.4 is 15.4 Å².